The zero-order valence-electron chi connectivity index (χ0n) is 43.8. The molecule has 0 saturated heterocycles. The quantitative estimate of drug-likeness (QED) is 0.190. The third kappa shape index (κ3) is 7.92. The molecule has 0 aliphatic rings. The van der Waals surface area contributed by atoms with E-state index in [2.05, 4.69) is 97.0 Å². The zero-order valence-corrected chi connectivity index (χ0v) is 34.8. The van der Waals surface area contributed by atoms with Gasteiger partial charge in [0, 0.05) is 40.9 Å². The second-order valence-corrected chi connectivity index (χ2v) is 18.5. The van der Waals surface area contributed by atoms with Crippen molar-refractivity contribution in [3.05, 3.63) is 143 Å². The van der Waals surface area contributed by atoms with Crippen molar-refractivity contribution in [2.45, 2.75) is 111 Å². The maximum absolute atomic E-state index is 12.3. The highest BCUT2D eigenvalue weighted by atomic mass is 16.3. The van der Waals surface area contributed by atoms with Crippen molar-refractivity contribution in [1.29, 1.82) is 0 Å². The summed E-state index contributed by atoms with van der Waals surface area (Å²) in [7, 11) is 0. The van der Waals surface area contributed by atoms with Crippen LogP contribution >= 0.6 is 0 Å². The molecule has 4 heteroatoms. The first-order valence-electron chi connectivity index (χ1n) is 24.0. The van der Waals surface area contributed by atoms with Gasteiger partial charge in [0.2, 0.25) is 0 Å². The van der Waals surface area contributed by atoms with Gasteiger partial charge in [-0.05, 0) is 110 Å². The van der Waals surface area contributed by atoms with E-state index in [0.29, 0.717) is 28.1 Å². The molecule has 7 aromatic rings. The molecule has 0 atom stereocenters. The topological polar surface area (TPSA) is 50.9 Å². The highest BCUT2D eigenvalue weighted by Gasteiger charge is 2.29. The van der Waals surface area contributed by atoms with E-state index in [4.69, 9.17) is 22.3 Å². The molecular formula is C53H59N3O. The number of phenols is 1. The van der Waals surface area contributed by atoms with Crippen LogP contribution in [-0.2, 0) is 21.7 Å². The van der Waals surface area contributed by atoms with Gasteiger partial charge < -0.3 is 5.11 Å². The Kier molecular flexibility index (Phi) is 7.38. The summed E-state index contributed by atoms with van der Waals surface area (Å²) >= 11 is 0. The van der Waals surface area contributed by atoms with Gasteiger partial charge in [-0.1, -0.05) is 149 Å². The fourth-order valence-electron chi connectivity index (χ4n) is 7.32. The smallest absolute Gasteiger partial charge is 0.149 e. The van der Waals surface area contributed by atoms with Crippen molar-refractivity contribution in [3.8, 4) is 56.3 Å². The van der Waals surface area contributed by atoms with Gasteiger partial charge >= 0.3 is 0 Å². The van der Waals surface area contributed by atoms with Crippen LogP contribution in [0, 0.1) is 6.92 Å². The van der Waals surface area contributed by atoms with Crippen molar-refractivity contribution in [1.82, 2.24) is 14.5 Å². The van der Waals surface area contributed by atoms with Gasteiger partial charge in [-0.3, -0.25) is 9.55 Å². The fraction of sp³-hybridized carbons (Fsp3) is 0.321. The maximum atomic E-state index is 12.3. The first-order valence-corrected chi connectivity index (χ1v) is 19.5. The molecule has 0 bridgehead atoms. The van der Waals surface area contributed by atoms with Gasteiger partial charge in [0.05, 0.1) is 22.3 Å². The Hall–Kier alpha value is -5.48. The van der Waals surface area contributed by atoms with Crippen LogP contribution in [0.15, 0.2) is 115 Å². The van der Waals surface area contributed by atoms with Gasteiger partial charge in [0.25, 0.3) is 0 Å². The largest absolute Gasteiger partial charge is 0.507 e. The average molecular weight is 763 g/mol. The van der Waals surface area contributed by atoms with Crippen LogP contribution in [0.2, 0.25) is 0 Å². The molecule has 0 unspecified atom stereocenters. The molecule has 0 aliphatic heterocycles. The lowest BCUT2D eigenvalue weighted by molar-refractivity contribution is 0.446. The van der Waals surface area contributed by atoms with Crippen LogP contribution in [0.3, 0.4) is 0 Å². The lowest BCUT2D eigenvalue weighted by Crippen LogP contribution is -2.17. The minimum atomic E-state index is -3.42. The number of aromatic hydroxyl groups is 1. The van der Waals surface area contributed by atoms with Crippen molar-refractivity contribution in [3.63, 3.8) is 0 Å². The third-order valence-electron chi connectivity index (χ3n) is 10.8. The number of imidazole rings is 1. The number of pyridine rings is 1. The molecule has 1 N–H and O–H groups in total. The molecule has 2 aromatic heterocycles. The van der Waals surface area contributed by atoms with E-state index in [1.54, 1.807) is 0 Å². The van der Waals surface area contributed by atoms with E-state index in [-0.39, 0.29) is 22.1 Å². The Balaban J connectivity index is 1.54. The summed E-state index contributed by atoms with van der Waals surface area (Å²) in [6.45, 7) is 10.7. The van der Waals surface area contributed by atoms with Crippen LogP contribution in [-0.4, -0.2) is 19.6 Å². The van der Waals surface area contributed by atoms with Crippen LogP contribution < -0.4 is 0 Å². The van der Waals surface area contributed by atoms with Gasteiger partial charge in [-0.25, -0.2) is 4.98 Å². The van der Waals surface area contributed by atoms with Crippen LogP contribution in [0.4, 0.5) is 0 Å². The number of hydrogen-bond donors (Lipinski definition) is 1. The lowest BCUT2D eigenvalue weighted by atomic mass is 9.79. The molecule has 0 saturated carbocycles. The molecule has 0 spiro atoms. The summed E-state index contributed by atoms with van der Waals surface area (Å²) in [4.78, 5) is 10.3. The van der Waals surface area contributed by atoms with E-state index in [0.717, 1.165) is 50.2 Å². The van der Waals surface area contributed by atoms with E-state index < -0.39 is 31.4 Å². The molecule has 292 valence electrons. The number of aromatic nitrogens is 3. The number of para-hydroxylation sites is 1. The first kappa shape index (κ1) is 29.7. The molecule has 0 radical (unpaired) electrons. The summed E-state index contributed by atoms with van der Waals surface area (Å²) in [6.07, 6.45) is 1.83. The highest BCUT2D eigenvalue weighted by Crippen LogP contribution is 2.45. The lowest BCUT2D eigenvalue weighted by Gasteiger charge is -2.27. The normalized spacial score (nSPS) is 15.7. The highest BCUT2D eigenvalue weighted by molar-refractivity contribution is 5.97. The maximum Gasteiger partial charge on any atom is 0.149 e. The Morgan fingerprint density at radius 1 is 0.561 bits per heavy atom. The van der Waals surface area contributed by atoms with E-state index in [1.165, 1.54) is 29.8 Å². The van der Waals surface area contributed by atoms with Crippen LogP contribution in [0.5, 0.6) is 5.75 Å². The van der Waals surface area contributed by atoms with Crippen molar-refractivity contribution < 1.29 is 17.4 Å². The summed E-state index contributed by atoms with van der Waals surface area (Å²) in [6, 6.07) is 34.5. The summed E-state index contributed by atoms with van der Waals surface area (Å²) in [5.74, 6) is 0.431. The molecule has 0 aliphatic carbocycles. The molecule has 0 amide bonds. The molecule has 4 nitrogen and oxygen atoms in total. The molecule has 2 heterocycles. The number of benzene rings is 5. The van der Waals surface area contributed by atoms with E-state index >= 15 is 0 Å². The third-order valence-corrected chi connectivity index (χ3v) is 10.8. The molecule has 57 heavy (non-hydrogen) atoms. The molecule has 5 aromatic carbocycles. The SMILES string of the molecule is [2H]C([2H])([2H])C(c1ccc(-n2c(-c3cc(C(C)(C)C)cc(C(C)(C)C)c3O)nc3c(-c4cc(-c5cc(-c6ccc(C)cc6)ccn5)cc(C(C)(C)C)c4)cccc32)cc1)(C([2H])([2H])[2H])C([2H])([2H])[2H]. The van der Waals surface area contributed by atoms with E-state index in [1.807, 2.05) is 67.9 Å². The van der Waals surface area contributed by atoms with E-state index in [9.17, 15) is 5.11 Å². The standard InChI is InChI=1S/C53H59N3O/c1-33-17-19-34(20-18-33)35-25-26-54-45(30-35)37-27-36(28-39(29-37)51(5,6)7)42-15-14-16-46-47(42)55-49(56(46)41-23-21-38(22-24-41)50(2,3)4)43-31-40(52(8,9)10)32-44(48(43)57)53(11,12)13/h14-32,57H,1-13H3/i2D3,3D3,4D3. The summed E-state index contributed by atoms with van der Waals surface area (Å²) in [5.41, 5.74) is 7.05. The van der Waals surface area contributed by atoms with Gasteiger partial charge in [0.15, 0.2) is 0 Å². The average Bonchev–Trinajstić information content (AvgIpc) is 3.58. The number of aryl methyl sites for hydroxylation is 1. The Morgan fingerprint density at radius 3 is 1.84 bits per heavy atom. The van der Waals surface area contributed by atoms with Crippen LogP contribution in [0.1, 0.15) is 123 Å². The number of hydrogen-bond acceptors (Lipinski definition) is 3. The second-order valence-electron chi connectivity index (χ2n) is 18.5. The van der Waals surface area contributed by atoms with Crippen molar-refractivity contribution in [2.75, 3.05) is 0 Å². The zero-order chi connectivity index (χ0) is 48.7. The Bertz CT molecular complexity index is 2900. The predicted octanol–water partition coefficient (Wildman–Crippen LogP) is 14.3. The second kappa shape index (κ2) is 14.2. The van der Waals surface area contributed by atoms with Crippen LogP contribution in [0.25, 0.3) is 61.6 Å². The first-order chi connectivity index (χ1) is 30.3. The van der Waals surface area contributed by atoms with Gasteiger partial charge in [-0.2, -0.15) is 0 Å². The number of rotatable bonds is 5. The number of phenolic OH excluding ortho intramolecular Hbond substituents is 1. The predicted molar refractivity (Wildman–Crippen MR) is 242 cm³/mol. The molecular weight excluding hydrogens is 695 g/mol. The van der Waals surface area contributed by atoms with Gasteiger partial charge in [0.1, 0.15) is 11.6 Å². The fourth-order valence-corrected chi connectivity index (χ4v) is 7.32. The summed E-state index contributed by atoms with van der Waals surface area (Å²) < 4.78 is 77.0. The minimum Gasteiger partial charge on any atom is -0.507 e. The molecule has 0 fully saturated rings. The molecule has 7 rings (SSSR count). The number of nitrogens with zero attached hydrogens (tertiary/aromatic N) is 3. The van der Waals surface area contributed by atoms with Crippen molar-refractivity contribution >= 4 is 11.0 Å². The van der Waals surface area contributed by atoms with Crippen molar-refractivity contribution in [2.24, 2.45) is 0 Å². The minimum absolute atomic E-state index is 0.0491. The number of fused-ring (bicyclic) bond motifs is 1. The summed E-state index contributed by atoms with van der Waals surface area (Å²) in [5, 5.41) is 12.3. The Labute approximate surface area is 353 Å². The van der Waals surface area contributed by atoms with Gasteiger partial charge in [-0.15, -0.1) is 0 Å². The monoisotopic (exact) mass is 763 g/mol. The Morgan fingerprint density at radius 2 is 1.21 bits per heavy atom.